The number of ether oxygens (including phenoxy) is 1. The van der Waals surface area contributed by atoms with Crippen molar-refractivity contribution >= 4 is 33.4 Å². The lowest BCUT2D eigenvalue weighted by molar-refractivity contribution is -0.130. The summed E-state index contributed by atoms with van der Waals surface area (Å²) in [6, 6.07) is 16.2. The zero-order valence-electron chi connectivity index (χ0n) is 15.4. The predicted octanol–water partition coefficient (Wildman–Crippen LogP) is 3.56. The van der Waals surface area contributed by atoms with Crippen molar-refractivity contribution in [2.24, 2.45) is 0 Å². The molecule has 2 aromatic carbocycles. The molecule has 3 aromatic rings. The van der Waals surface area contributed by atoms with Gasteiger partial charge in [0, 0.05) is 29.8 Å². The maximum atomic E-state index is 12.4. The molecule has 8 heteroatoms. The van der Waals surface area contributed by atoms with Crippen LogP contribution in [0.4, 0.5) is 5.69 Å². The minimum Gasteiger partial charge on any atom is -0.484 e. The van der Waals surface area contributed by atoms with Crippen LogP contribution in [-0.4, -0.2) is 47.6 Å². The quantitative estimate of drug-likeness (QED) is 0.610. The standard InChI is InChI=1S/C20H19BrN4O3/c1-25(2)19(26)12-28-16-9-7-15(8-10-16)22-20(27)18-11-17(23-24-18)13-3-5-14(21)6-4-13/h3-11H,12H2,1-2H3,(H,22,27)(H,23,24). The smallest absolute Gasteiger partial charge is 0.273 e. The number of rotatable bonds is 6. The van der Waals surface area contributed by atoms with E-state index < -0.39 is 0 Å². The number of carbonyl (C=O) groups is 2. The van der Waals surface area contributed by atoms with Crippen molar-refractivity contribution < 1.29 is 14.3 Å². The summed E-state index contributed by atoms with van der Waals surface area (Å²) in [7, 11) is 3.34. The first kappa shape index (κ1) is 19.6. The number of aromatic amines is 1. The number of likely N-dealkylation sites (N-methyl/N-ethyl adjacent to an activating group) is 1. The number of nitrogens with zero attached hydrogens (tertiary/aromatic N) is 2. The zero-order chi connectivity index (χ0) is 20.1. The van der Waals surface area contributed by atoms with Gasteiger partial charge in [0.1, 0.15) is 11.4 Å². The normalized spacial score (nSPS) is 10.4. The second-order valence-corrected chi connectivity index (χ2v) is 7.14. The molecule has 0 aliphatic rings. The molecule has 2 N–H and O–H groups in total. The van der Waals surface area contributed by atoms with E-state index >= 15 is 0 Å². The summed E-state index contributed by atoms with van der Waals surface area (Å²) in [5.41, 5.74) is 2.56. The van der Waals surface area contributed by atoms with Crippen LogP contribution in [-0.2, 0) is 4.79 Å². The molecule has 7 nitrogen and oxygen atoms in total. The molecule has 0 aliphatic carbocycles. The van der Waals surface area contributed by atoms with Gasteiger partial charge in [-0.2, -0.15) is 5.10 Å². The lowest BCUT2D eigenvalue weighted by atomic mass is 10.1. The first-order valence-corrected chi connectivity index (χ1v) is 9.27. The monoisotopic (exact) mass is 442 g/mol. The topological polar surface area (TPSA) is 87.3 Å². The maximum Gasteiger partial charge on any atom is 0.273 e. The molecule has 28 heavy (non-hydrogen) atoms. The molecule has 3 rings (SSSR count). The number of benzene rings is 2. The van der Waals surface area contributed by atoms with E-state index in [-0.39, 0.29) is 18.4 Å². The number of halogens is 1. The van der Waals surface area contributed by atoms with Crippen LogP contribution in [0.5, 0.6) is 5.75 Å². The van der Waals surface area contributed by atoms with Crippen LogP contribution >= 0.6 is 15.9 Å². The number of aromatic nitrogens is 2. The van der Waals surface area contributed by atoms with Crippen LogP contribution < -0.4 is 10.1 Å². The fourth-order valence-corrected chi connectivity index (χ4v) is 2.58. The van der Waals surface area contributed by atoms with Gasteiger partial charge in [0.2, 0.25) is 0 Å². The van der Waals surface area contributed by atoms with Gasteiger partial charge in [-0.05, 0) is 42.5 Å². The Bertz CT molecular complexity index is 966. The van der Waals surface area contributed by atoms with Crippen LogP contribution in [0, 0.1) is 0 Å². The van der Waals surface area contributed by atoms with E-state index in [1.807, 2.05) is 24.3 Å². The van der Waals surface area contributed by atoms with E-state index in [1.54, 1.807) is 44.4 Å². The summed E-state index contributed by atoms with van der Waals surface area (Å²) in [6.45, 7) is -0.0360. The summed E-state index contributed by atoms with van der Waals surface area (Å²) >= 11 is 3.39. The molecule has 1 aromatic heterocycles. The highest BCUT2D eigenvalue weighted by Gasteiger charge is 2.12. The molecule has 0 saturated heterocycles. The van der Waals surface area contributed by atoms with Gasteiger partial charge in [-0.1, -0.05) is 28.1 Å². The molecule has 0 unspecified atom stereocenters. The van der Waals surface area contributed by atoms with Crippen molar-refractivity contribution in [1.29, 1.82) is 0 Å². The van der Waals surface area contributed by atoms with Crippen molar-refractivity contribution in [2.75, 3.05) is 26.0 Å². The molecule has 0 bridgehead atoms. The highest BCUT2D eigenvalue weighted by Crippen LogP contribution is 2.21. The highest BCUT2D eigenvalue weighted by molar-refractivity contribution is 9.10. The predicted molar refractivity (Wildman–Crippen MR) is 110 cm³/mol. The third-order valence-electron chi connectivity index (χ3n) is 3.94. The zero-order valence-corrected chi connectivity index (χ0v) is 17.0. The van der Waals surface area contributed by atoms with E-state index in [1.165, 1.54) is 4.90 Å². The van der Waals surface area contributed by atoms with Gasteiger partial charge in [-0.25, -0.2) is 0 Å². The molecule has 0 fully saturated rings. The average Bonchev–Trinajstić information content (AvgIpc) is 3.18. The second kappa shape index (κ2) is 8.71. The van der Waals surface area contributed by atoms with E-state index in [2.05, 4.69) is 31.4 Å². The highest BCUT2D eigenvalue weighted by atomic mass is 79.9. The van der Waals surface area contributed by atoms with Gasteiger partial charge in [-0.3, -0.25) is 14.7 Å². The first-order chi connectivity index (χ1) is 13.4. The fourth-order valence-electron chi connectivity index (χ4n) is 2.31. The molecule has 0 saturated carbocycles. The van der Waals surface area contributed by atoms with Crippen molar-refractivity contribution in [2.45, 2.75) is 0 Å². The minimum absolute atomic E-state index is 0.0360. The number of H-pyrrole nitrogens is 1. The third-order valence-corrected chi connectivity index (χ3v) is 4.46. The van der Waals surface area contributed by atoms with Gasteiger partial charge >= 0.3 is 0 Å². The van der Waals surface area contributed by atoms with Crippen LogP contribution in [0.25, 0.3) is 11.3 Å². The Balaban J connectivity index is 1.60. The van der Waals surface area contributed by atoms with Crippen LogP contribution in [0.15, 0.2) is 59.1 Å². The largest absolute Gasteiger partial charge is 0.484 e. The molecule has 0 atom stereocenters. The van der Waals surface area contributed by atoms with Gasteiger partial charge in [0.05, 0.1) is 5.69 Å². The van der Waals surface area contributed by atoms with Crippen molar-refractivity contribution in [3.8, 4) is 17.0 Å². The van der Waals surface area contributed by atoms with E-state index in [0.717, 1.165) is 10.0 Å². The Morgan fingerprint density at radius 3 is 2.43 bits per heavy atom. The van der Waals surface area contributed by atoms with Gasteiger partial charge in [0.25, 0.3) is 11.8 Å². The van der Waals surface area contributed by atoms with Gasteiger partial charge < -0.3 is 15.0 Å². The van der Waals surface area contributed by atoms with E-state index in [4.69, 9.17) is 4.74 Å². The number of nitrogens with one attached hydrogen (secondary N) is 2. The summed E-state index contributed by atoms with van der Waals surface area (Å²) in [5, 5.41) is 9.74. The molecule has 144 valence electrons. The molecular weight excluding hydrogens is 424 g/mol. The Morgan fingerprint density at radius 2 is 1.79 bits per heavy atom. The first-order valence-electron chi connectivity index (χ1n) is 8.48. The Labute approximate surface area is 170 Å². The Hall–Kier alpha value is -3.13. The number of hydrogen-bond donors (Lipinski definition) is 2. The van der Waals surface area contributed by atoms with Crippen molar-refractivity contribution in [3.63, 3.8) is 0 Å². The van der Waals surface area contributed by atoms with Gasteiger partial charge in [0.15, 0.2) is 6.61 Å². The van der Waals surface area contributed by atoms with Crippen molar-refractivity contribution in [1.82, 2.24) is 15.1 Å². The van der Waals surface area contributed by atoms with Crippen LogP contribution in [0.3, 0.4) is 0 Å². The maximum absolute atomic E-state index is 12.4. The number of hydrogen-bond acceptors (Lipinski definition) is 4. The molecule has 0 radical (unpaired) electrons. The molecule has 1 heterocycles. The number of anilines is 1. The summed E-state index contributed by atoms with van der Waals surface area (Å²) in [6.07, 6.45) is 0. The minimum atomic E-state index is -0.299. The van der Waals surface area contributed by atoms with E-state index in [0.29, 0.717) is 22.8 Å². The summed E-state index contributed by atoms with van der Waals surface area (Å²) < 4.78 is 6.39. The summed E-state index contributed by atoms with van der Waals surface area (Å²) in [4.78, 5) is 25.4. The average molecular weight is 443 g/mol. The fraction of sp³-hybridized carbons (Fsp3) is 0.150. The van der Waals surface area contributed by atoms with Gasteiger partial charge in [-0.15, -0.1) is 0 Å². The molecular formula is C20H19BrN4O3. The molecule has 0 aliphatic heterocycles. The van der Waals surface area contributed by atoms with Crippen molar-refractivity contribution in [3.05, 3.63) is 64.8 Å². The molecule has 0 spiro atoms. The van der Waals surface area contributed by atoms with Crippen LogP contribution in [0.2, 0.25) is 0 Å². The SMILES string of the molecule is CN(C)C(=O)COc1ccc(NC(=O)c2cc(-c3ccc(Br)cc3)n[nH]2)cc1. The second-order valence-electron chi connectivity index (χ2n) is 6.23. The summed E-state index contributed by atoms with van der Waals surface area (Å²) in [5.74, 6) is 0.123. The number of carbonyl (C=O) groups excluding carboxylic acids is 2. The van der Waals surface area contributed by atoms with E-state index in [9.17, 15) is 9.59 Å². The number of amides is 2. The Kier molecular flexibility index (Phi) is 6.10. The Morgan fingerprint density at radius 1 is 1.11 bits per heavy atom. The third kappa shape index (κ3) is 4.98. The lowest BCUT2D eigenvalue weighted by Crippen LogP contribution is -2.27. The molecule has 2 amide bonds. The van der Waals surface area contributed by atoms with Crippen LogP contribution in [0.1, 0.15) is 10.5 Å². The lowest BCUT2D eigenvalue weighted by Gasteiger charge is -2.11.